The summed E-state index contributed by atoms with van der Waals surface area (Å²) in [6, 6.07) is 10.5. The molecule has 1 aromatic rings. The van der Waals surface area contributed by atoms with Crippen LogP contribution < -0.4 is 5.32 Å². The van der Waals surface area contributed by atoms with Gasteiger partial charge in [0.15, 0.2) is 0 Å². The second kappa shape index (κ2) is 7.80. The number of likely N-dealkylation sites (tertiary alicyclic amines) is 1. The van der Waals surface area contributed by atoms with Crippen LogP contribution in [-0.4, -0.2) is 31.1 Å². The Kier molecular flexibility index (Phi) is 6.06. The van der Waals surface area contributed by atoms with E-state index in [2.05, 4.69) is 55.4 Å². The molecule has 1 saturated heterocycles. The van der Waals surface area contributed by atoms with E-state index in [4.69, 9.17) is 0 Å². The van der Waals surface area contributed by atoms with Crippen molar-refractivity contribution in [3.8, 4) is 0 Å². The Morgan fingerprint density at radius 2 is 2.00 bits per heavy atom. The maximum absolute atomic E-state index is 3.36. The predicted molar refractivity (Wildman–Crippen MR) is 87.1 cm³/mol. The second-order valence-electron chi connectivity index (χ2n) is 6.11. The number of hydrogen-bond donors (Lipinski definition) is 1. The van der Waals surface area contributed by atoms with Gasteiger partial charge < -0.3 is 5.32 Å². The second-order valence-corrected chi connectivity index (χ2v) is 6.11. The number of benzene rings is 1. The van der Waals surface area contributed by atoms with Crippen LogP contribution in [-0.2, 0) is 6.42 Å². The third kappa shape index (κ3) is 3.83. The van der Waals surface area contributed by atoms with Crippen molar-refractivity contribution in [3.63, 3.8) is 0 Å². The monoisotopic (exact) mass is 274 g/mol. The van der Waals surface area contributed by atoms with Gasteiger partial charge in [0.1, 0.15) is 0 Å². The molecule has 1 aliphatic rings. The van der Waals surface area contributed by atoms with Crippen molar-refractivity contribution < 1.29 is 0 Å². The molecular weight excluding hydrogens is 244 g/mol. The molecule has 0 aromatic heterocycles. The molecule has 0 bridgehead atoms. The first-order valence-corrected chi connectivity index (χ1v) is 8.25. The number of piperidine rings is 1. The molecule has 1 fully saturated rings. The Hall–Kier alpha value is -0.860. The van der Waals surface area contributed by atoms with Gasteiger partial charge >= 0.3 is 0 Å². The summed E-state index contributed by atoms with van der Waals surface area (Å²) in [4.78, 5) is 2.69. The summed E-state index contributed by atoms with van der Waals surface area (Å²) in [5, 5.41) is 3.36. The largest absolute Gasteiger partial charge is 0.318 e. The zero-order valence-electron chi connectivity index (χ0n) is 13.4. The van der Waals surface area contributed by atoms with Crippen LogP contribution in [0.15, 0.2) is 24.3 Å². The lowest BCUT2D eigenvalue weighted by Gasteiger charge is -2.40. The van der Waals surface area contributed by atoms with Crippen molar-refractivity contribution in [1.82, 2.24) is 10.2 Å². The van der Waals surface area contributed by atoms with E-state index in [0.29, 0.717) is 12.1 Å². The Bertz CT molecular complexity index is 383. The molecule has 1 aromatic carbocycles. The minimum absolute atomic E-state index is 0.532. The lowest BCUT2D eigenvalue weighted by Crippen LogP contribution is -2.45. The van der Waals surface area contributed by atoms with Gasteiger partial charge in [-0.1, -0.05) is 44.0 Å². The average Bonchev–Trinajstić information content (AvgIpc) is 2.49. The van der Waals surface area contributed by atoms with Crippen LogP contribution in [0.3, 0.4) is 0 Å². The standard InChI is InChI=1S/C18H30N2/c1-4-7-16-9-11-17(12-10-16)15(2)20-13-6-5-8-18(20)14-19-3/h9-12,15,18-19H,4-8,13-14H2,1-3H3. The first-order chi connectivity index (χ1) is 9.76. The van der Waals surface area contributed by atoms with Gasteiger partial charge in [0, 0.05) is 18.6 Å². The van der Waals surface area contributed by atoms with Crippen molar-refractivity contribution in [3.05, 3.63) is 35.4 Å². The SMILES string of the molecule is CCCc1ccc(C(C)N2CCCCC2CNC)cc1. The smallest absolute Gasteiger partial charge is 0.0323 e. The highest BCUT2D eigenvalue weighted by molar-refractivity contribution is 5.25. The fourth-order valence-corrected chi connectivity index (χ4v) is 3.43. The first kappa shape index (κ1) is 15.5. The predicted octanol–water partition coefficient (Wildman–Crippen LogP) is 3.77. The Balaban J connectivity index is 2.05. The molecule has 0 spiro atoms. The van der Waals surface area contributed by atoms with Gasteiger partial charge in [-0.3, -0.25) is 4.90 Å². The molecule has 0 aliphatic carbocycles. The highest BCUT2D eigenvalue weighted by atomic mass is 15.2. The summed E-state index contributed by atoms with van der Waals surface area (Å²) in [5.41, 5.74) is 2.93. The van der Waals surface area contributed by atoms with E-state index in [1.54, 1.807) is 0 Å². The highest BCUT2D eigenvalue weighted by Gasteiger charge is 2.26. The summed E-state index contributed by atoms with van der Waals surface area (Å²) >= 11 is 0. The minimum Gasteiger partial charge on any atom is -0.318 e. The Morgan fingerprint density at radius 1 is 1.25 bits per heavy atom. The minimum atomic E-state index is 0.532. The van der Waals surface area contributed by atoms with Gasteiger partial charge in [-0.2, -0.15) is 0 Å². The van der Waals surface area contributed by atoms with Crippen LogP contribution in [0.1, 0.15) is 56.7 Å². The number of nitrogens with zero attached hydrogens (tertiary/aromatic N) is 1. The first-order valence-electron chi connectivity index (χ1n) is 8.25. The lowest BCUT2D eigenvalue weighted by molar-refractivity contribution is 0.103. The van der Waals surface area contributed by atoms with E-state index in [9.17, 15) is 0 Å². The fraction of sp³-hybridized carbons (Fsp3) is 0.667. The van der Waals surface area contributed by atoms with Gasteiger partial charge in [-0.05, 0) is 50.9 Å². The van der Waals surface area contributed by atoms with E-state index in [-0.39, 0.29) is 0 Å². The van der Waals surface area contributed by atoms with E-state index >= 15 is 0 Å². The van der Waals surface area contributed by atoms with Crippen LogP contribution in [0.25, 0.3) is 0 Å². The molecule has 1 aliphatic heterocycles. The molecule has 2 heteroatoms. The van der Waals surface area contributed by atoms with Gasteiger partial charge in [0.05, 0.1) is 0 Å². The quantitative estimate of drug-likeness (QED) is 0.849. The van der Waals surface area contributed by atoms with Gasteiger partial charge in [-0.15, -0.1) is 0 Å². The van der Waals surface area contributed by atoms with Crippen molar-refractivity contribution in [2.24, 2.45) is 0 Å². The summed E-state index contributed by atoms with van der Waals surface area (Å²) in [7, 11) is 2.07. The molecule has 2 atom stereocenters. The van der Waals surface area contributed by atoms with Crippen LogP contribution >= 0.6 is 0 Å². The molecular formula is C18H30N2. The van der Waals surface area contributed by atoms with E-state index < -0.39 is 0 Å². The van der Waals surface area contributed by atoms with Crippen molar-refractivity contribution in [2.75, 3.05) is 20.1 Å². The Labute approximate surface area is 124 Å². The summed E-state index contributed by atoms with van der Waals surface area (Å²) < 4.78 is 0. The molecule has 2 unspecified atom stereocenters. The summed E-state index contributed by atoms with van der Waals surface area (Å²) in [5.74, 6) is 0. The normalized spacial score (nSPS) is 21.9. The number of rotatable bonds is 6. The third-order valence-electron chi connectivity index (χ3n) is 4.61. The molecule has 112 valence electrons. The van der Waals surface area contributed by atoms with Crippen LogP contribution in [0.2, 0.25) is 0 Å². The van der Waals surface area contributed by atoms with E-state index in [1.807, 2.05) is 0 Å². The van der Waals surface area contributed by atoms with Gasteiger partial charge in [0.25, 0.3) is 0 Å². The zero-order chi connectivity index (χ0) is 14.4. The van der Waals surface area contributed by atoms with Crippen molar-refractivity contribution in [2.45, 2.75) is 58.0 Å². The van der Waals surface area contributed by atoms with Crippen molar-refractivity contribution in [1.29, 1.82) is 0 Å². The summed E-state index contributed by atoms with van der Waals surface area (Å²) in [6.07, 6.45) is 6.48. The highest BCUT2D eigenvalue weighted by Crippen LogP contribution is 2.28. The molecule has 0 saturated carbocycles. The van der Waals surface area contributed by atoms with E-state index in [0.717, 1.165) is 6.54 Å². The number of hydrogen-bond acceptors (Lipinski definition) is 2. The molecule has 2 rings (SSSR count). The van der Waals surface area contributed by atoms with Crippen LogP contribution in [0.4, 0.5) is 0 Å². The van der Waals surface area contributed by atoms with Crippen molar-refractivity contribution >= 4 is 0 Å². The summed E-state index contributed by atoms with van der Waals surface area (Å²) in [6.45, 7) is 6.96. The lowest BCUT2D eigenvalue weighted by atomic mass is 9.96. The molecule has 0 amide bonds. The number of likely N-dealkylation sites (N-methyl/N-ethyl adjacent to an activating group) is 1. The van der Waals surface area contributed by atoms with E-state index in [1.165, 1.54) is 49.8 Å². The molecule has 0 radical (unpaired) electrons. The van der Waals surface area contributed by atoms with Gasteiger partial charge in [-0.25, -0.2) is 0 Å². The molecule has 1 heterocycles. The average molecular weight is 274 g/mol. The molecule has 1 N–H and O–H groups in total. The third-order valence-corrected chi connectivity index (χ3v) is 4.61. The fourth-order valence-electron chi connectivity index (χ4n) is 3.43. The topological polar surface area (TPSA) is 15.3 Å². The molecule has 20 heavy (non-hydrogen) atoms. The maximum Gasteiger partial charge on any atom is 0.0323 e. The van der Waals surface area contributed by atoms with Gasteiger partial charge in [0.2, 0.25) is 0 Å². The van der Waals surface area contributed by atoms with Crippen LogP contribution in [0, 0.1) is 0 Å². The molecule has 2 nitrogen and oxygen atoms in total. The zero-order valence-corrected chi connectivity index (χ0v) is 13.4. The van der Waals surface area contributed by atoms with Crippen LogP contribution in [0.5, 0.6) is 0 Å². The number of nitrogens with one attached hydrogen (secondary N) is 1. The Morgan fingerprint density at radius 3 is 2.65 bits per heavy atom. The maximum atomic E-state index is 3.36. The number of aryl methyl sites for hydroxylation is 1.